The molecule has 0 fully saturated rings. The Bertz CT molecular complexity index is 900. The number of alkyl halides is 3. The lowest BCUT2D eigenvalue weighted by Gasteiger charge is -2.06. The Kier molecular flexibility index (Phi) is 4.60. The van der Waals surface area contributed by atoms with E-state index >= 15 is 0 Å². The van der Waals surface area contributed by atoms with E-state index in [2.05, 4.69) is 4.98 Å². The number of pyridine rings is 1. The standard InChI is InChI=1S/C15H8F3N3O4/c16-15(17,18)13-2-1-9(7-20-13)10(6-19)3-8-4-11(21(24)25)14(23)12(22)5-8/h1-5,7,22-23H/b10-3+. The number of nitrogens with zero attached hydrogens (tertiary/aromatic N) is 3. The third kappa shape index (κ3) is 3.84. The van der Waals surface area contributed by atoms with Gasteiger partial charge >= 0.3 is 11.9 Å². The SMILES string of the molecule is N#C/C(=C\c1cc(O)c(O)c([N+](=O)[O-])c1)c1ccc(C(F)(F)F)nc1. The van der Waals surface area contributed by atoms with Gasteiger partial charge in [0.2, 0.25) is 5.75 Å². The van der Waals surface area contributed by atoms with Gasteiger partial charge in [0.1, 0.15) is 5.69 Å². The number of benzene rings is 1. The molecule has 0 unspecified atom stereocenters. The fourth-order valence-corrected chi connectivity index (χ4v) is 1.92. The molecule has 10 heteroatoms. The van der Waals surface area contributed by atoms with E-state index in [1.165, 1.54) is 0 Å². The number of allylic oxidation sites excluding steroid dienone is 1. The van der Waals surface area contributed by atoms with Crippen LogP contribution in [0.5, 0.6) is 11.5 Å². The highest BCUT2D eigenvalue weighted by atomic mass is 19.4. The fraction of sp³-hybridized carbons (Fsp3) is 0.0667. The Balaban J connectivity index is 2.48. The third-order valence-electron chi connectivity index (χ3n) is 3.09. The maximum atomic E-state index is 12.5. The van der Waals surface area contributed by atoms with Gasteiger partial charge in [0.15, 0.2) is 5.75 Å². The average molecular weight is 351 g/mol. The number of halogens is 3. The van der Waals surface area contributed by atoms with Crippen LogP contribution in [-0.4, -0.2) is 20.1 Å². The van der Waals surface area contributed by atoms with E-state index in [1.54, 1.807) is 6.07 Å². The van der Waals surface area contributed by atoms with E-state index in [1.807, 2.05) is 0 Å². The lowest BCUT2D eigenvalue weighted by Crippen LogP contribution is -2.07. The molecule has 0 saturated carbocycles. The average Bonchev–Trinajstić information content (AvgIpc) is 2.54. The molecular formula is C15H8F3N3O4. The van der Waals surface area contributed by atoms with Gasteiger partial charge in [0, 0.05) is 17.8 Å². The molecule has 7 nitrogen and oxygen atoms in total. The monoisotopic (exact) mass is 351 g/mol. The predicted octanol–water partition coefficient (Wildman–Crippen LogP) is 3.48. The minimum atomic E-state index is -4.63. The minimum Gasteiger partial charge on any atom is -0.504 e. The Labute approximate surface area is 138 Å². The molecule has 0 aliphatic rings. The van der Waals surface area contributed by atoms with Crippen molar-refractivity contribution in [1.82, 2.24) is 4.98 Å². The summed E-state index contributed by atoms with van der Waals surface area (Å²) in [6.07, 6.45) is -2.68. The maximum absolute atomic E-state index is 12.5. The van der Waals surface area contributed by atoms with Gasteiger partial charge in [-0.15, -0.1) is 0 Å². The van der Waals surface area contributed by atoms with Crippen LogP contribution in [0.2, 0.25) is 0 Å². The molecule has 0 aliphatic heterocycles. The Hall–Kier alpha value is -3.61. The molecule has 1 aromatic heterocycles. The first-order valence-corrected chi connectivity index (χ1v) is 6.49. The smallest absolute Gasteiger partial charge is 0.433 e. The zero-order valence-corrected chi connectivity index (χ0v) is 12.2. The second kappa shape index (κ2) is 6.48. The van der Waals surface area contributed by atoms with E-state index < -0.39 is 34.0 Å². The summed E-state index contributed by atoms with van der Waals surface area (Å²) in [7, 11) is 0. The third-order valence-corrected chi connectivity index (χ3v) is 3.09. The van der Waals surface area contributed by atoms with Crippen LogP contribution in [0.1, 0.15) is 16.8 Å². The first-order chi connectivity index (χ1) is 11.6. The zero-order valence-electron chi connectivity index (χ0n) is 12.2. The molecule has 0 spiro atoms. The summed E-state index contributed by atoms with van der Waals surface area (Å²) in [6, 6.07) is 5.33. The summed E-state index contributed by atoms with van der Waals surface area (Å²) in [5.41, 5.74) is -2.01. The number of rotatable bonds is 3. The Morgan fingerprint density at radius 1 is 1.32 bits per heavy atom. The summed E-state index contributed by atoms with van der Waals surface area (Å²) >= 11 is 0. The predicted molar refractivity (Wildman–Crippen MR) is 79.1 cm³/mol. The van der Waals surface area contributed by atoms with E-state index in [0.717, 1.165) is 30.5 Å². The highest BCUT2D eigenvalue weighted by Crippen LogP contribution is 2.37. The van der Waals surface area contributed by atoms with E-state index in [4.69, 9.17) is 5.26 Å². The summed E-state index contributed by atoms with van der Waals surface area (Å²) in [5, 5.41) is 38.9. The van der Waals surface area contributed by atoms with Gasteiger partial charge in [0.25, 0.3) is 0 Å². The summed E-state index contributed by atoms with van der Waals surface area (Å²) < 4.78 is 37.5. The van der Waals surface area contributed by atoms with Crippen LogP contribution in [0.4, 0.5) is 18.9 Å². The Morgan fingerprint density at radius 3 is 2.48 bits per heavy atom. The molecule has 25 heavy (non-hydrogen) atoms. The molecule has 2 aromatic rings. The highest BCUT2D eigenvalue weighted by Gasteiger charge is 2.32. The largest absolute Gasteiger partial charge is 0.504 e. The number of aromatic nitrogens is 1. The summed E-state index contributed by atoms with van der Waals surface area (Å²) in [6.45, 7) is 0. The van der Waals surface area contributed by atoms with E-state index in [0.29, 0.717) is 6.07 Å². The number of nitriles is 1. The number of nitro groups is 1. The molecule has 0 bridgehead atoms. The van der Waals surface area contributed by atoms with Gasteiger partial charge in [-0.3, -0.25) is 15.1 Å². The molecule has 2 N–H and O–H groups in total. The fourth-order valence-electron chi connectivity index (χ4n) is 1.92. The number of phenolic OH excluding ortho intramolecular Hbond substituents is 2. The number of hydrogen-bond acceptors (Lipinski definition) is 6. The number of nitro benzene ring substituents is 1. The van der Waals surface area contributed by atoms with Crippen LogP contribution >= 0.6 is 0 Å². The van der Waals surface area contributed by atoms with Gasteiger partial charge < -0.3 is 10.2 Å². The molecule has 0 radical (unpaired) electrons. The maximum Gasteiger partial charge on any atom is 0.433 e. The van der Waals surface area contributed by atoms with Crippen LogP contribution < -0.4 is 0 Å². The quantitative estimate of drug-likeness (QED) is 0.378. The molecule has 128 valence electrons. The van der Waals surface area contributed by atoms with Crippen molar-refractivity contribution in [2.24, 2.45) is 0 Å². The highest BCUT2D eigenvalue weighted by molar-refractivity contribution is 5.90. The summed E-state index contributed by atoms with van der Waals surface area (Å²) in [4.78, 5) is 13.1. The van der Waals surface area contributed by atoms with Crippen molar-refractivity contribution < 1.29 is 28.3 Å². The van der Waals surface area contributed by atoms with Crippen molar-refractivity contribution in [3.8, 4) is 17.6 Å². The second-order valence-electron chi connectivity index (χ2n) is 4.76. The molecule has 2 rings (SSSR count). The molecular weight excluding hydrogens is 343 g/mol. The van der Waals surface area contributed by atoms with Crippen LogP contribution in [0.15, 0.2) is 30.5 Å². The van der Waals surface area contributed by atoms with Gasteiger partial charge in [-0.25, -0.2) is 0 Å². The van der Waals surface area contributed by atoms with Crippen molar-refractivity contribution in [2.45, 2.75) is 6.18 Å². The van der Waals surface area contributed by atoms with Crippen LogP contribution in [-0.2, 0) is 6.18 Å². The van der Waals surface area contributed by atoms with Gasteiger partial charge in [0.05, 0.1) is 16.6 Å². The molecule has 0 aliphatic carbocycles. The lowest BCUT2D eigenvalue weighted by atomic mass is 10.0. The molecule has 0 atom stereocenters. The molecule has 1 aromatic carbocycles. The topological polar surface area (TPSA) is 120 Å². The van der Waals surface area contributed by atoms with Crippen LogP contribution in [0.3, 0.4) is 0 Å². The number of phenols is 2. The van der Waals surface area contributed by atoms with Crippen molar-refractivity contribution in [2.75, 3.05) is 0 Å². The number of hydrogen-bond donors (Lipinski definition) is 2. The zero-order chi connectivity index (χ0) is 18.8. The molecule has 0 saturated heterocycles. The lowest BCUT2D eigenvalue weighted by molar-refractivity contribution is -0.386. The van der Waals surface area contributed by atoms with Crippen molar-refractivity contribution in [1.29, 1.82) is 5.26 Å². The first-order valence-electron chi connectivity index (χ1n) is 6.49. The van der Waals surface area contributed by atoms with Crippen molar-refractivity contribution in [3.05, 3.63) is 57.4 Å². The van der Waals surface area contributed by atoms with E-state index in [-0.39, 0.29) is 16.7 Å². The van der Waals surface area contributed by atoms with E-state index in [9.17, 15) is 33.5 Å². The Morgan fingerprint density at radius 2 is 2.00 bits per heavy atom. The molecule has 0 amide bonds. The van der Waals surface area contributed by atoms with Gasteiger partial charge in [-0.2, -0.15) is 18.4 Å². The normalized spacial score (nSPS) is 11.8. The van der Waals surface area contributed by atoms with Crippen LogP contribution in [0, 0.1) is 21.4 Å². The van der Waals surface area contributed by atoms with Gasteiger partial charge in [-0.05, 0) is 29.8 Å². The molecule has 1 heterocycles. The van der Waals surface area contributed by atoms with Crippen molar-refractivity contribution >= 4 is 17.3 Å². The van der Waals surface area contributed by atoms with Gasteiger partial charge in [-0.1, -0.05) is 0 Å². The van der Waals surface area contributed by atoms with Crippen LogP contribution in [0.25, 0.3) is 11.6 Å². The second-order valence-corrected chi connectivity index (χ2v) is 4.76. The number of aromatic hydroxyl groups is 2. The van der Waals surface area contributed by atoms with Crippen molar-refractivity contribution in [3.63, 3.8) is 0 Å². The summed E-state index contributed by atoms with van der Waals surface area (Å²) in [5.74, 6) is -1.71. The minimum absolute atomic E-state index is 0.00144. The first kappa shape index (κ1) is 17.7.